The molecule has 2 amide bonds. The number of nitrogens with zero attached hydrogens (tertiary/aromatic N) is 2. The van der Waals surface area contributed by atoms with Crippen molar-refractivity contribution in [3.8, 4) is 0 Å². The van der Waals surface area contributed by atoms with E-state index in [0.29, 0.717) is 25.8 Å². The van der Waals surface area contributed by atoms with Gasteiger partial charge in [-0.15, -0.1) is 0 Å². The van der Waals surface area contributed by atoms with Crippen LogP contribution < -0.4 is 5.32 Å². The SMILES string of the molecule is CN(C(=O)CC1C(=O)NCCN1C1Cc2ccccc2C1)C1CCOCC1. The van der Waals surface area contributed by atoms with Crippen molar-refractivity contribution in [2.75, 3.05) is 33.4 Å². The van der Waals surface area contributed by atoms with E-state index in [9.17, 15) is 9.59 Å². The largest absolute Gasteiger partial charge is 0.381 e. The molecule has 146 valence electrons. The first-order valence-electron chi connectivity index (χ1n) is 10.1. The lowest BCUT2D eigenvalue weighted by Crippen LogP contribution is -2.60. The van der Waals surface area contributed by atoms with E-state index in [4.69, 9.17) is 4.74 Å². The van der Waals surface area contributed by atoms with E-state index in [1.165, 1.54) is 11.1 Å². The van der Waals surface area contributed by atoms with Crippen LogP contribution in [-0.4, -0.2) is 73.1 Å². The van der Waals surface area contributed by atoms with Gasteiger partial charge in [0.25, 0.3) is 0 Å². The third-order valence-corrected chi connectivity index (χ3v) is 6.37. The summed E-state index contributed by atoms with van der Waals surface area (Å²) in [6.07, 6.45) is 3.93. The Morgan fingerprint density at radius 2 is 1.89 bits per heavy atom. The molecule has 0 spiro atoms. The number of rotatable bonds is 4. The topological polar surface area (TPSA) is 61.9 Å². The van der Waals surface area contributed by atoms with Crippen LogP contribution in [0, 0.1) is 0 Å². The second-order valence-electron chi connectivity index (χ2n) is 7.93. The number of piperazine rings is 1. The van der Waals surface area contributed by atoms with Crippen LogP contribution in [0.5, 0.6) is 0 Å². The van der Waals surface area contributed by atoms with Crippen LogP contribution >= 0.6 is 0 Å². The van der Waals surface area contributed by atoms with Crippen molar-refractivity contribution in [1.29, 1.82) is 0 Å². The summed E-state index contributed by atoms with van der Waals surface area (Å²) in [5.74, 6) is 0.0513. The van der Waals surface area contributed by atoms with Crippen LogP contribution in [0.4, 0.5) is 0 Å². The average molecular weight is 371 g/mol. The number of hydrogen-bond acceptors (Lipinski definition) is 4. The van der Waals surface area contributed by atoms with Crippen LogP contribution in [0.3, 0.4) is 0 Å². The van der Waals surface area contributed by atoms with Crippen LogP contribution in [0.1, 0.15) is 30.4 Å². The van der Waals surface area contributed by atoms with Crippen molar-refractivity contribution in [1.82, 2.24) is 15.1 Å². The monoisotopic (exact) mass is 371 g/mol. The first-order valence-corrected chi connectivity index (χ1v) is 10.1. The molecule has 27 heavy (non-hydrogen) atoms. The fourth-order valence-electron chi connectivity index (χ4n) is 4.74. The molecule has 2 fully saturated rings. The maximum absolute atomic E-state index is 12.9. The quantitative estimate of drug-likeness (QED) is 0.857. The van der Waals surface area contributed by atoms with Crippen molar-refractivity contribution in [2.45, 2.75) is 50.2 Å². The lowest BCUT2D eigenvalue weighted by Gasteiger charge is -2.40. The van der Waals surface area contributed by atoms with Crippen molar-refractivity contribution >= 4 is 11.8 Å². The maximum atomic E-state index is 12.9. The molecule has 0 aromatic heterocycles. The summed E-state index contributed by atoms with van der Waals surface area (Å²) in [6.45, 7) is 2.88. The predicted octanol–water partition coefficient (Wildman–Crippen LogP) is 0.982. The molecule has 6 nitrogen and oxygen atoms in total. The average Bonchev–Trinajstić information content (AvgIpc) is 3.13. The fourth-order valence-corrected chi connectivity index (χ4v) is 4.74. The van der Waals surface area contributed by atoms with E-state index in [1.54, 1.807) is 0 Å². The summed E-state index contributed by atoms with van der Waals surface area (Å²) in [6, 6.07) is 8.67. The highest BCUT2D eigenvalue weighted by Crippen LogP contribution is 2.28. The van der Waals surface area contributed by atoms with Crippen LogP contribution in [0.15, 0.2) is 24.3 Å². The molecular formula is C21H29N3O3. The van der Waals surface area contributed by atoms with Gasteiger partial charge in [-0.25, -0.2) is 0 Å². The molecule has 3 aliphatic rings. The van der Waals surface area contributed by atoms with Crippen molar-refractivity contribution in [3.63, 3.8) is 0 Å². The molecule has 1 unspecified atom stereocenters. The Kier molecular flexibility index (Phi) is 5.45. The fraction of sp³-hybridized carbons (Fsp3) is 0.619. The van der Waals surface area contributed by atoms with Crippen LogP contribution in [0.2, 0.25) is 0 Å². The number of hydrogen-bond donors (Lipinski definition) is 1. The maximum Gasteiger partial charge on any atom is 0.237 e. The minimum Gasteiger partial charge on any atom is -0.381 e. The molecule has 1 atom stereocenters. The Hall–Kier alpha value is -1.92. The number of fused-ring (bicyclic) bond motifs is 1. The van der Waals surface area contributed by atoms with Crippen LogP contribution in [0.25, 0.3) is 0 Å². The number of amides is 2. The first-order chi connectivity index (χ1) is 13.1. The van der Waals surface area contributed by atoms with Crippen molar-refractivity contribution < 1.29 is 14.3 Å². The summed E-state index contributed by atoms with van der Waals surface area (Å²) in [5.41, 5.74) is 2.75. The Balaban J connectivity index is 1.44. The minimum absolute atomic E-state index is 0.00839. The molecular weight excluding hydrogens is 342 g/mol. The van der Waals surface area contributed by atoms with E-state index in [2.05, 4.69) is 34.5 Å². The number of benzene rings is 1. The van der Waals surface area contributed by atoms with Gasteiger partial charge < -0.3 is 15.0 Å². The Morgan fingerprint density at radius 3 is 2.56 bits per heavy atom. The van der Waals surface area contributed by atoms with Gasteiger partial charge in [0.1, 0.15) is 0 Å². The molecule has 2 heterocycles. The molecule has 0 bridgehead atoms. The number of nitrogens with one attached hydrogen (secondary N) is 1. The van der Waals surface area contributed by atoms with E-state index in [-0.39, 0.29) is 30.3 Å². The summed E-state index contributed by atoms with van der Waals surface area (Å²) in [5, 5.41) is 2.96. The van der Waals surface area contributed by atoms with Gasteiger partial charge in [-0.1, -0.05) is 24.3 Å². The Morgan fingerprint density at radius 1 is 1.22 bits per heavy atom. The zero-order valence-corrected chi connectivity index (χ0v) is 16.0. The van der Waals surface area contributed by atoms with Gasteiger partial charge in [0.2, 0.25) is 11.8 Å². The van der Waals surface area contributed by atoms with Crippen LogP contribution in [-0.2, 0) is 27.2 Å². The molecule has 1 aromatic rings. The second-order valence-corrected chi connectivity index (χ2v) is 7.93. The van der Waals surface area contributed by atoms with Gasteiger partial charge in [-0.05, 0) is 36.8 Å². The highest BCUT2D eigenvalue weighted by molar-refractivity contribution is 5.89. The number of carbonyl (C=O) groups excluding carboxylic acids is 2. The van der Waals surface area contributed by atoms with Gasteiger partial charge in [-0.2, -0.15) is 0 Å². The molecule has 1 aromatic carbocycles. The lowest BCUT2D eigenvalue weighted by molar-refractivity contribution is -0.141. The third-order valence-electron chi connectivity index (χ3n) is 6.37. The normalized spacial score (nSPS) is 24.5. The lowest BCUT2D eigenvalue weighted by atomic mass is 10.0. The Bertz CT molecular complexity index is 677. The highest BCUT2D eigenvalue weighted by atomic mass is 16.5. The number of ether oxygens (including phenoxy) is 1. The molecule has 0 saturated carbocycles. The van der Waals surface area contributed by atoms with Crippen molar-refractivity contribution in [2.24, 2.45) is 0 Å². The standard InChI is InChI=1S/C21H29N3O3/c1-23(17-6-10-27-11-7-17)20(25)14-19-21(26)22-8-9-24(19)18-12-15-4-2-3-5-16(15)13-18/h2-5,17-19H,6-14H2,1H3,(H,22,26). The molecule has 4 rings (SSSR count). The first kappa shape index (κ1) is 18.4. The Labute approximate surface area is 160 Å². The molecule has 2 aliphatic heterocycles. The zero-order chi connectivity index (χ0) is 18.8. The van der Waals surface area contributed by atoms with E-state index in [0.717, 1.165) is 32.2 Å². The highest BCUT2D eigenvalue weighted by Gasteiger charge is 2.39. The zero-order valence-electron chi connectivity index (χ0n) is 16.0. The van der Waals surface area contributed by atoms with Gasteiger partial charge >= 0.3 is 0 Å². The van der Waals surface area contributed by atoms with E-state index >= 15 is 0 Å². The van der Waals surface area contributed by atoms with E-state index < -0.39 is 0 Å². The summed E-state index contributed by atoms with van der Waals surface area (Å²) < 4.78 is 5.40. The molecule has 0 radical (unpaired) electrons. The summed E-state index contributed by atoms with van der Waals surface area (Å²) in [7, 11) is 1.87. The third kappa shape index (κ3) is 3.87. The van der Waals surface area contributed by atoms with E-state index in [1.807, 2.05) is 11.9 Å². The molecule has 6 heteroatoms. The van der Waals surface area contributed by atoms with Gasteiger partial charge in [-0.3, -0.25) is 14.5 Å². The molecule has 2 saturated heterocycles. The van der Waals surface area contributed by atoms with Crippen molar-refractivity contribution in [3.05, 3.63) is 35.4 Å². The van der Waals surface area contributed by atoms with Gasteiger partial charge in [0.05, 0.1) is 12.5 Å². The minimum atomic E-state index is -0.368. The molecule has 1 aliphatic carbocycles. The summed E-state index contributed by atoms with van der Waals surface area (Å²) >= 11 is 0. The van der Waals surface area contributed by atoms with Gasteiger partial charge in [0, 0.05) is 45.4 Å². The smallest absolute Gasteiger partial charge is 0.237 e. The second kappa shape index (κ2) is 7.98. The number of carbonyl (C=O) groups is 2. The molecule has 1 N–H and O–H groups in total. The van der Waals surface area contributed by atoms with Gasteiger partial charge in [0.15, 0.2) is 0 Å². The summed E-state index contributed by atoms with van der Waals surface area (Å²) in [4.78, 5) is 29.7. The predicted molar refractivity (Wildman–Crippen MR) is 102 cm³/mol.